The molecule has 0 saturated heterocycles. The lowest BCUT2D eigenvalue weighted by Crippen LogP contribution is -2.00. The number of nitrogens with zero attached hydrogens (tertiary/aromatic N) is 1. The molecule has 5 heteroatoms. The zero-order valence-electron chi connectivity index (χ0n) is 8.52. The summed E-state index contributed by atoms with van der Waals surface area (Å²) in [6.45, 7) is 3.45. The molecule has 0 fully saturated rings. The van der Waals surface area contributed by atoms with E-state index in [1.165, 1.54) is 25.1 Å². The molecule has 80 valence electrons. The quantitative estimate of drug-likeness (QED) is 0.433. The molecule has 5 nitrogen and oxygen atoms in total. The summed E-state index contributed by atoms with van der Waals surface area (Å²) in [4.78, 5) is 21.1. The second-order valence-corrected chi connectivity index (χ2v) is 2.93. The molecule has 0 amide bonds. The van der Waals surface area contributed by atoms with Crippen molar-refractivity contribution in [2.75, 3.05) is 6.61 Å². The van der Waals surface area contributed by atoms with Crippen LogP contribution in [-0.4, -0.2) is 17.3 Å². The summed E-state index contributed by atoms with van der Waals surface area (Å²) in [5.41, 5.74) is 0.283. The summed E-state index contributed by atoms with van der Waals surface area (Å²) in [6.07, 6.45) is 0. The first kappa shape index (κ1) is 11.2. The van der Waals surface area contributed by atoms with Crippen molar-refractivity contribution in [2.24, 2.45) is 0 Å². The zero-order valence-corrected chi connectivity index (χ0v) is 8.52. The van der Waals surface area contributed by atoms with E-state index < -0.39 is 4.92 Å². The lowest BCUT2D eigenvalue weighted by atomic mass is 10.1. The summed E-state index contributed by atoms with van der Waals surface area (Å²) in [7, 11) is 0. The maximum atomic E-state index is 11.1. The number of nitro groups is 1. The fourth-order valence-electron chi connectivity index (χ4n) is 1.16. The third-order valence-corrected chi connectivity index (χ3v) is 1.86. The minimum absolute atomic E-state index is 0.123. The first-order valence-corrected chi connectivity index (χ1v) is 4.48. The number of Topliss-reactive ketones (excluding diaryl/α,β-unsaturated/α-hetero) is 1. The lowest BCUT2D eigenvalue weighted by molar-refractivity contribution is -0.385. The van der Waals surface area contributed by atoms with Crippen molar-refractivity contribution >= 4 is 11.5 Å². The van der Waals surface area contributed by atoms with Crippen LogP contribution in [0.5, 0.6) is 5.75 Å². The Morgan fingerprint density at radius 1 is 1.53 bits per heavy atom. The molecule has 0 aliphatic heterocycles. The predicted octanol–water partition coefficient (Wildman–Crippen LogP) is 2.20. The minimum atomic E-state index is -0.533. The Balaban J connectivity index is 3.20. The standard InChI is InChI=1S/C10H11NO4/c1-3-15-10-6-8(7(2)12)4-5-9(10)11(13)14/h4-6H,3H2,1-2H3. The van der Waals surface area contributed by atoms with E-state index in [0.717, 1.165) is 0 Å². The van der Waals surface area contributed by atoms with Crippen LogP contribution in [0.25, 0.3) is 0 Å². The largest absolute Gasteiger partial charge is 0.487 e. The van der Waals surface area contributed by atoms with Gasteiger partial charge in [0.2, 0.25) is 0 Å². The van der Waals surface area contributed by atoms with Gasteiger partial charge in [-0.05, 0) is 26.0 Å². The van der Waals surface area contributed by atoms with Gasteiger partial charge in [-0.3, -0.25) is 14.9 Å². The van der Waals surface area contributed by atoms with Crippen molar-refractivity contribution in [1.29, 1.82) is 0 Å². The highest BCUT2D eigenvalue weighted by atomic mass is 16.6. The maximum Gasteiger partial charge on any atom is 0.310 e. The summed E-state index contributed by atoms with van der Waals surface area (Å²) < 4.78 is 5.10. The van der Waals surface area contributed by atoms with E-state index in [0.29, 0.717) is 12.2 Å². The molecule has 15 heavy (non-hydrogen) atoms. The lowest BCUT2D eigenvalue weighted by Gasteiger charge is -2.05. The highest BCUT2D eigenvalue weighted by Crippen LogP contribution is 2.27. The van der Waals surface area contributed by atoms with E-state index in [4.69, 9.17) is 4.74 Å². The van der Waals surface area contributed by atoms with E-state index >= 15 is 0 Å². The average Bonchev–Trinajstić information content (AvgIpc) is 2.17. The van der Waals surface area contributed by atoms with Gasteiger partial charge in [0.25, 0.3) is 0 Å². The molecule has 0 aliphatic carbocycles. The second kappa shape index (κ2) is 4.54. The summed E-state index contributed by atoms with van der Waals surface area (Å²) >= 11 is 0. The summed E-state index contributed by atoms with van der Waals surface area (Å²) in [5.74, 6) is -0.0129. The average molecular weight is 209 g/mol. The Kier molecular flexibility index (Phi) is 3.38. The molecule has 0 N–H and O–H groups in total. The van der Waals surface area contributed by atoms with Crippen LogP contribution >= 0.6 is 0 Å². The van der Waals surface area contributed by atoms with Gasteiger partial charge in [-0.25, -0.2) is 0 Å². The van der Waals surface area contributed by atoms with Crippen LogP contribution in [-0.2, 0) is 0 Å². The topological polar surface area (TPSA) is 69.4 Å². The molecule has 0 unspecified atom stereocenters. The number of ether oxygens (including phenoxy) is 1. The third-order valence-electron chi connectivity index (χ3n) is 1.86. The van der Waals surface area contributed by atoms with Crippen LogP contribution in [0.15, 0.2) is 18.2 Å². The molecule has 0 spiro atoms. The first-order valence-electron chi connectivity index (χ1n) is 4.48. The Hall–Kier alpha value is -1.91. The second-order valence-electron chi connectivity index (χ2n) is 2.93. The number of rotatable bonds is 4. The first-order chi connectivity index (χ1) is 7.06. The number of carbonyl (C=O) groups excluding carboxylic acids is 1. The molecule has 0 radical (unpaired) electrons. The normalized spacial score (nSPS) is 9.73. The monoisotopic (exact) mass is 209 g/mol. The summed E-state index contributed by atoms with van der Waals surface area (Å²) in [5, 5.41) is 10.6. The highest BCUT2D eigenvalue weighted by molar-refractivity contribution is 5.94. The van der Waals surface area contributed by atoms with Crippen molar-refractivity contribution < 1.29 is 14.5 Å². The van der Waals surface area contributed by atoms with Crippen molar-refractivity contribution in [3.63, 3.8) is 0 Å². The van der Waals surface area contributed by atoms with Gasteiger partial charge in [0.15, 0.2) is 11.5 Å². The fourth-order valence-corrected chi connectivity index (χ4v) is 1.16. The Morgan fingerprint density at radius 3 is 2.67 bits per heavy atom. The molecule has 1 aromatic carbocycles. The van der Waals surface area contributed by atoms with Crippen molar-refractivity contribution in [3.05, 3.63) is 33.9 Å². The van der Waals surface area contributed by atoms with Gasteiger partial charge >= 0.3 is 5.69 Å². The van der Waals surface area contributed by atoms with E-state index in [9.17, 15) is 14.9 Å². The fraction of sp³-hybridized carbons (Fsp3) is 0.300. The van der Waals surface area contributed by atoms with Gasteiger partial charge in [-0.1, -0.05) is 0 Å². The molecule has 0 saturated carbocycles. The van der Waals surface area contributed by atoms with Crippen LogP contribution in [0, 0.1) is 10.1 Å². The smallest absolute Gasteiger partial charge is 0.310 e. The van der Waals surface area contributed by atoms with E-state index in [1.807, 2.05) is 0 Å². The minimum Gasteiger partial charge on any atom is -0.487 e. The van der Waals surface area contributed by atoms with Gasteiger partial charge in [-0.2, -0.15) is 0 Å². The van der Waals surface area contributed by atoms with Crippen LogP contribution in [0.2, 0.25) is 0 Å². The number of benzene rings is 1. The van der Waals surface area contributed by atoms with E-state index in [2.05, 4.69) is 0 Å². The molecule has 0 aromatic heterocycles. The number of carbonyl (C=O) groups is 1. The molecular weight excluding hydrogens is 198 g/mol. The van der Waals surface area contributed by atoms with Crippen LogP contribution in [0.3, 0.4) is 0 Å². The predicted molar refractivity (Wildman–Crippen MR) is 54.3 cm³/mol. The Labute approximate surface area is 86.8 Å². The molecular formula is C10H11NO4. The number of hydrogen-bond acceptors (Lipinski definition) is 4. The van der Waals surface area contributed by atoms with E-state index in [-0.39, 0.29) is 17.2 Å². The number of nitro benzene ring substituents is 1. The zero-order chi connectivity index (χ0) is 11.4. The molecule has 0 bridgehead atoms. The van der Waals surface area contributed by atoms with Crippen molar-refractivity contribution in [1.82, 2.24) is 0 Å². The number of hydrogen-bond donors (Lipinski definition) is 0. The Bertz CT molecular complexity index is 400. The van der Waals surface area contributed by atoms with Gasteiger partial charge in [0.1, 0.15) is 0 Å². The highest BCUT2D eigenvalue weighted by Gasteiger charge is 2.16. The van der Waals surface area contributed by atoms with Crippen LogP contribution in [0.1, 0.15) is 24.2 Å². The van der Waals surface area contributed by atoms with Crippen LogP contribution < -0.4 is 4.74 Å². The van der Waals surface area contributed by atoms with Gasteiger partial charge < -0.3 is 4.74 Å². The Morgan fingerprint density at radius 2 is 2.20 bits per heavy atom. The van der Waals surface area contributed by atoms with E-state index in [1.54, 1.807) is 6.92 Å². The molecule has 0 heterocycles. The molecule has 1 aromatic rings. The van der Waals surface area contributed by atoms with Gasteiger partial charge in [0, 0.05) is 11.6 Å². The SMILES string of the molecule is CCOc1cc(C(C)=O)ccc1[N+](=O)[O-]. The molecule has 0 atom stereocenters. The van der Waals surface area contributed by atoms with Gasteiger partial charge in [0.05, 0.1) is 11.5 Å². The van der Waals surface area contributed by atoms with Gasteiger partial charge in [-0.15, -0.1) is 0 Å². The van der Waals surface area contributed by atoms with Crippen molar-refractivity contribution in [3.8, 4) is 5.75 Å². The number of ketones is 1. The third kappa shape index (κ3) is 2.52. The van der Waals surface area contributed by atoms with Crippen molar-refractivity contribution in [2.45, 2.75) is 13.8 Å². The molecule has 1 rings (SSSR count). The maximum absolute atomic E-state index is 11.1. The van der Waals surface area contributed by atoms with Crippen LogP contribution in [0.4, 0.5) is 5.69 Å². The summed E-state index contributed by atoms with van der Waals surface area (Å²) in [6, 6.07) is 4.09. The molecule has 0 aliphatic rings.